The highest BCUT2D eigenvalue weighted by Gasteiger charge is 2.42. The van der Waals surface area contributed by atoms with E-state index in [-0.39, 0.29) is 17.8 Å². The zero-order chi connectivity index (χ0) is 12.7. The lowest BCUT2D eigenvalue weighted by Crippen LogP contribution is -2.33. The number of carbonyl (C=O) groups excluding carboxylic acids is 1. The summed E-state index contributed by atoms with van der Waals surface area (Å²) in [7, 11) is 0. The molecule has 0 spiro atoms. The van der Waals surface area contributed by atoms with Crippen LogP contribution in [0.15, 0.2) is 24.3 Å². The molecule has 1 amide bonds. The summed E-state index contributed by atoms with van der Waals surface area (Å²) < 4.78 is 12.8. The van der Waals surface area contributed by atoms with Gasteiger partial charge in [0.05, 0.1) is 0 Å². The number of rotatable bonds is 1. The third-order valence-electron chi connectivity index (χ3n) is 4.29. The van der Waals surface area contributed by atoms with Crippen LogP contribution >= 0.6 is 0 Å². The van der Waals surface area contributed by atoms with Crippen molar-refractivity contribution < 1.29 is 9.18 Å². The van der Waals surface area contributed by atoms with Crippen LogP contribution < -0.4 is 5.73 Å². The average Bonchev–Trinajstić information content (AvgIpc) is 2.92. The summed E-state index contributed by atoms with van der Waals surface area (Å²) in [5.41, 5.74) is 6.61. The number of hydrogen-bond donors (Lipinski definition) is 1. The Labute approximate surface area is 106 Å². The Bertz CT molecular complexity index is 459. The fraction of sp³-hybridized carbons (Fsp3) is 0.500. The molecule has 0 aromatic heterocycles. The number of carbonyl (C=O) groups is 1. The van der Waals surface area contributed by atoms with Crippen molar-refractivity contribution in [1.29, 1.82) is 0 Å². The maximum absolute atomic E-state index is 12.8. The topological polar surface area (TPSA) is 46.3 Å². The second-order valence-corrected chi connectivity index (χ2v) is 5.38. The Morgan fingerprint density at radius 3 is 2.61 bits per heavy atom. The van der Waals surface area contributed by atoms with Crippen molar-refractivity contribution in [2.75, 3.05) is 13.1 Å². The van der Waals surface area contributed by atoms with Crippen LogP contribution in [0.3, 0.4) is 0 Å². The minimum Gasteiger partial charge on any atom is -0.338 e. The highest BCUT2D eigenvalue weighted by atomic mass is 19.1. The van der Waals surface area contributed by atoms with Gasteiger partial charge >= 0.3 is 0 Å². The molecule has 1 saturated heterocycles. The van der Waals surface area contributed by atoms with E-state index in [9.17, 15) is 9.18 Å². The second kappa shape index (κ2) is 4.35. The molecular weight excluding hydrogens is 231 g/mol. The highest BCUT2D eigenvalue weighted by molar-refractivity contribution is 5.94. The molecule has 3 atom stereocenters. The molecule has 96 valence electrons. The molecule has 3 rings (SSSR count). The van der Waals surface area contributed by atoms with E-state index in [0.717, 1.165) is 25.9 Å². The summed E-state index contributed by atoms with van der Waals surface area (Å²) in [4.78, 5) is 14.1. The van der Waals surface area contributed by atoms with Gasteiger partial charge in [0, 0.05) is 24.7 Å². The molecule has 1 heterocycles. The van der Waals surface area contributed by atoms with E-state index in [1.54, 1.807) is 12.1 Å². The van der Waals surface area contributed by atoms with Crippen LogP contribution in [-0.4, -0.2) is 29.9 Å². The van der Waals surface area contributed by atoms with E-state index in [1.165, 1.54) is 12.1 Å². The molecule has 1 saturated carbocycles. The quantitative estimate of drug-likeness (QED) is 0.821. The molecule has 0 radical (unpaired) electrons. The summed E-state index contributed by atoms with van der Waals surface area (Å²) in [6.45, 7) is 1.55. The third-order valence-corrected chi connectivity index (χ3v) is 4.29. The monoisotopic (exact) mass is 248 g/mol. The molecule has 1 aliphatic heterocycles. The lowest BCUT2D eigenvalue weighted by atomic mass is 9.98. The fourth-order valence-corrected chi connectivity index (χ4v) is 3.25. The molecular formula is C14H17FN2O. The van der Waals surface area contributed by atoms with Crippen molar-refractivity contribution in [3.63, 3.8) is 0 Å². The van der Waals surface area contributed by atoms with E-state index in [4.69, 9.17) is 5.73 Å². The molecule has 1 aromatic carbocycles. The standard InChI is InChI=1S/C14H17FN2O/c15-11-4-1-9(2-5-11)14(18)17-7-10-3-6-13(16)12(10)8-17/h1-2,4-5,10,12-13H,3,6-8,16H2. The predicted molar refractivity (Wildman–Crippen MR) is 66.5 cm³/mol. The first kappa shape index (κ1) is 11.7. The zero-order valence-electron chi connectivity index (χ0n) is 10.2. The van der Waals surface area contributed by atoms with Gasteiger partial charge in [-0.3, -0.25) is 4.79 Å². The smallest absolute Gasteiger partial charge is 0.253 e. The van der Waals surface area contributed by atoms with Crippen LogP contribution in [0.1, 0.15) is 23.2 Å². The summed E-state index contributed by atoms with van der Waals surface area (Å²) >= 11 is 0. The largest absolute Gasteiger partial charge is 0.338 e. The van der Waals surface area contributed by atoms with Crippen LogP contribution in [0.2, 0.25) is 0 Å². The fourth-order valence-electron chi connectivity index (χ4n) is 3.25. The van der Waals surface area contributed by atoms with Gasteiger partial charge in [-0.25, -0.2) is 4.39 Å². The van der Waals surface area contributed by atoms with Crippen molar-refractivity contribution in [2.24, 2.45) is 17.6 Å². The number of halogens is 1. The highest BCUT2D eigenvalue weighted by Crippen LogP contribution is 2.37. The molecule has 4 heteroatoms. The van der Waals surface area contributed by atoms with E-state index in [0.29, 0.717) is 17.4 Å². The van der Waals surface area contributed by atoms with Crippen LogP contribution in [0.25, 0.3) is 0 Å². The summed E-state index contributed by atoms with van der Waals surface area (Å²) in [5.74, 6) is 0.697. The molecule has 3 unspecified atom stereocenters. The first-order valence-corrected chi connectivity index (χ1v) is 6.45. The molecule has 2 fully saturated rings. The van der Waals surface area contributed by atoms with Crippen molar-refractivity contribution in [1.82, 2.24) is 4.90 Å². The Kier molecular flexibility index (Phi) is 2.82. The Balaban J connectivity index is 1.73. The van der Waals surface area contributed by atoms with Crippen molar-refractivity contribution in [3.8, 4) is 0 Å². The summed E-state index contributed by atoms with van der Waals surface area (Å²) in [6, 6.07) is 5.99. The van der Waals surface area contributed by atoms with Gasteiger partial charge in [-0.15, -0.1) is 0 Å². The normalized spacial score (nSPS) is 30.6. The van der Waals surface area contributed by atoms with Crippen molar-refractivity contribution in [3.05, 3.63) is 35.6 Å². The van der Waals surface area contributed by atoms with Gasteiger partial charge in [-0.2, -0.15) is 0 Å². The van der Waals surface area contributed by atoms with E-state index in [1.807, 2.05) is 4.90 Å². The van der Waals surface area contributed by atoms with Gasteiger partial charge in [-0.05, 0) is 48.9 Å². The minimum atomic E-state index is -0.313. The molecule has 3 nitrogen and oxygen atoms in total. The molecule has 1 aliphatic carbocycles. The maximum atomic E-state index is 12.8. The number of nitrogens with two attached hydrogens (primary N) is 1. The van der Waals surface area contributed by atoms with Crippen LogP contribution in [-0.2, 0) is 0 Å². The van der Waals surface area contributed by atoms with E-state index in [2.05, 4.69) is 0 Å². The van der Waals surface area contributed by atoms with Gasteiger partial charge in [0.15, 0.2) is 0 Å². The van der Waals surface area contributed by atoms with Gasteiger partial charge in [0.25, 0.3) is 5.91 Å². The molecule has 18 heavy (non-hydrogen) atoms. The first-order chi connectivity index (χ1) is 8.65. The van der Waals surface area contributed by atoms with Gasteiger partial charge in [-0.1, -0.05) is 0 Å². The lowest BCUT2D eigenvalue weighted by molar-refractivity contribution is 0.0779. The number of fused-ring (bicyclic) bond motifs is 1. The van der Waals surface area contributed by atoms with E-state index >= 15 is 0 Å². The lowest BCUT2D eigenvalue weighted by Gasteiger charge is -2.18. The molecule has 2 N–H and O–H groups in total. The average molecular weight is 248 g/mol. The second-order valence-electron chi connectivity index (χ2n) is 5.38. The summed E-state index contributed by atoms with van der Waals surface area (Å²) in [6.07, 6.45) is 2.20. The Morgan fingerprint density at radius 1 is 1.22 bits per heavy atom. The molecule has 1 aromatic rings. The zero-order valence-corrected chi connectivity index (χ0v) is 10.2. The van der Waals surface area contributed by atoms with Crippen LogP contribution in [0, 0.1) is 17.7 Å². The Hall–Kier alpha value is -1.42. The van der Waals surface area contributed by atoms with Crippen molar-refractivity contribution in [2.45, 2.75) is 18.9 Å². The Morgan fingerprint density at radius 2 is 1.94 bits per heavy atom. The number of benzene rings is 1. The van der Waals surface area contributed by atoms with Crippen LogP contribution in [0.4, 0.5) is 4.39 Å². The molecule has 0 bridgehead atoms. The number of hydrogen-bond acceptors (Lipinski definition) is 2. The SMILES string of the molecule is NC1CCC2CN(C(=O)c3ccc(F)cc3)CC12. The third kappa shape index (κ3) is 1.90. The van der Waals surface area contributed by atoms with E-state index < -0.39 is 0 Å². The number of amides is 1. The number of likely N-dealkylation sites (tertiary alicyclic amines) is 1. The first-order valence-electron chi connectivity index (χ1n) is 6.45. The summed E-state index contributed by atoms with van der Waals surface area (Å²) in [5, 5.41) is 0. The predicted octanol–water partition coefficient (Wildman–Crippen LogP) is 1.64. The minimum absolute atomic E-state index is 0.00315. The number of nitrogens with zero attached hydrogens (tertiary/aromatic N) is 1. The van der Waals surface area contributed by atoms with Gasteiger partial charge in [0.2, 0.25) is 0 Å². The molecule has 2 aliphatic rings. The van der Waals surface area contributed by atoms with Crippen molar-refractivity contribution >= 4 is 5.91 Å². The van der Waals surface area contributed by atoms with Gasteiger partial charge < -0.3 is 10.6 Å². The van der Waals surface area contributed by atoms with Crippen LogP contribution in [0.5, 0.6) is 0 Å². The maximum Gasteiger partial charge on any atom is 0.253 e. The van der Waals surface area contributed by atoms with Gasteiger partial charge in [0.1, 0.15) is 5.82 Å².